The summed E-state index contributed by atoms with van der Waals surface area (Å²) in [7, 11) is 2.73. The van der Waals surface area contributed by atoms with Gasteiger partial charge in [-0.2, -0.15) is 0 Å². The molecule has 0 aliphatic carbocycles. The molecule has 0 radical (unpaired) electrons. The van der Waals surface area contributed by atoms with Gasteiger partial charge in [0.15, 0.2) is 0 Å². The summed E-state index contributed by atoms with van der Waals surface area (Å²) in [5, 5.41) is 2.45. The highest BCUT2D eigenvalue weighted by molar-refractivity contribution is 6.35. The minimum atomic E-state index is -0.357. The number of aromatic nitrogens is 2. The Morgan fingerprint density at radius 1 is 0.852 bits per heavy atom. The monoisotopic (exact) mass is 384 g/mol. The lowest BCUT2D eigenvalue weighted by Crippen LogP contribution is -2.00. The highest BCUT2D eigenvalue weighted by Crippen LogP contribution is 2.24. The molecule has 0 fully saturated rings. The van der Waals surface area contributed by atoms with E-state index in [0.717, 1.165) is 21.8 Å². The molecule has 0 saturated heterocycles. The van der Waals surface area contributed by atoms with Gasteiger partial charge in [0.2, 0.25) is 0 Å². The first-order chi connectivity index (χ1) is 13.0. The summed E-state index contributed by atoms with van der Waals surface area (Å²) in [5.41, 5.74) is 3.01. The maximum absolute atomic E-state index is 11.2. The lowest BCUT2D eigenvalue weighted by Gasteiger charge is -1.98. The predicted octanol–water partition coefficient (Wildman–Crippen LogP) is 4.56. The molecule has 138 valence electrons. The molecule has 4 aromatic rings. The number of carbonyl (C=O) groups excluding carboxylic acids is 2. The average molecular weight is 385 g/mol. The van der Waals surface area contributed by atoms with E-state index in [-0.39, 0.29) is 11.9 Å². The van der Waals surface area contributed by atoms with Crippen molar-refractivity contribution in [2.75, 3.05) is 14.2 Å². The van der Waals surface area contributed by atoms with E-state index in [0.29, 0.717) is 16.1 Å². The summed E-state index contributed by atoms with van der Waals surface area (Å²) in [5.74, 6) is -0.660. The Morgan fingerprint density at radius 2 is 1.48 bits per heavy atom. The SMILES string of the molecule is COC(=O)c1ccc2[nH]cc(Cl)c2c1.COC(=O)c1ccc2[nH]ccc2c1. The van der Waals surface area contributed by atoms with Crippen molar-refractivity contribution in [2.45, 2.75) is 0 Å². The molecular weight excluding hydrogens is 368 g/mol. The summed E-state index contributed by atoms with van der Waals surface area (Å²) in [6.07, 6.45) is 3.53. The Bertz CT molecular complexity index is 1110. The molecule has 7 heteroatoms. The zero-order valence-corrected chi connectivity index (χ0v) is 15.5. The summed E-state index contributed by atoms with van der Waals surface area (Å²) in [6, 6.07) is 12.5. The number of aromatic amines is 2. The van der Waals surface area contributed by atoms with Crippen LogP contribution in [0.15, 0.2) is 54.9 Å². The number of halogens is 1. The summed E-state index contributed by atoms with van der Waals surface area (Å²) in [4.78, 5) is 28.4. The molecule has 2 heterocycles. The van der Waals surface area contributed by atoms with Gasteiger partial charge < -0.3 is 19.4 Å². The third-order valence-electron chi connectivity index (χ3n) is 4.03. The van der Waals surface area contributed by atoms with Gasteiger partial charge in [0.05, 0.1) is 30.4 Å². The molecule has 2 aromatic carbocycles. The molecule has 0 aliphatic rings. The quantitative estimate of drug-likeness (QED) is 0.496. The average Bonchev–Trinajstić information content (AvgIpc) is 3.33. The normalized spacial score (nSPS) is 10.3. The van der Waals surface area contributed by atoms with Crippen molar-refractivity contribution in [1.29, 1.82) is 0 Å². The van der Waals surface area contributed by atoms with E-state index in [2.05, 4.69) is 19.4 Å². The number of methoxy groups -OCH3 is 2. The van der Waals surface area contributed by atoms with Crippen molar-refractivity contribution >= 4 is 45.3 Å². The maximum Gasteiger partial charge on any atom is 0.337 e. The van der Waals surface area contributed by atoms with Crippen LogP contribution in [0.5, 0.6) is 0 Å². The fraction of sp³-hybridized carbons (Fsp3) is 0.100. The third kappa shape index (κ3) is 3.96. The Labute approximate surface area is 160 Å². The Hall–Kier alpha value is -3.25. The maximum atomic E-state index is 11.2. The first-order valence-electron chi connectivity index (χ1n) is 8.04. The molecule has 0 amide bonds. The van der Waals surface area contributed by atoms with E-state index >= 15 is 0 Å². The first kappa shape index (κ1) is 18.5. The van der Waals surface area contributed by atoms with Gasteiger partial charge in [-0.3, -0.25) is 0 Å². The van der Waals surface area contributed by atoms with Crippen LogP contribution >= 0.6 is 11.6 Å². The van der Waals surface area contributed by atoms with Crippen LogP contribution in [-0.4, -0.2) is 36.1 Å². The summed E-state index contributed by atoms with van der Waals surface area (Å²) >= 11 is 5.91. The van der Waals surface area contributed by atoms with Crippen LogP contribution in [0, 0.1) is 0 Å². The van der Waals surface area contributed by atoms with Crippen molar-refractivity contribution in [3.63, 3.8) is 0 Å². The lowest BCUT2D eigenvalue weighted by molar-refractivity contribution is 0.0592. The Morgan fingerprint density at radius 3 is 2.15 bits per heavy atom. The van der Waals surface area contributed by atoms with Crippen LogP contribution in [0.3, 0.4) is 0 Å². The van der Waals surface area contributed by atoms with E-state index in [1.54, 1.807) is 36.5 Å². The zero-order chi connectivity index (χ0) is 19.4. The van der Waals surface area contributed by atoms with Crippen LogP contribution in [-0.2, 0) is 9.47 Å². The number of hydrogen-bond donors (Lipinski definition) is 2. The number of benzene rings is 2. The van der Waals surface area contributed by atoms with Gasteiger partial charge in [0, 0.05) is 34.2 Å². The lowest BCUT2D eigenvalue weighted by atomic mass is 10.1. The number of hydrogen-bond acceptors (Lipinski definition) is 4. The van der Waals surface area contributed by atoms with Crippen molar-refractivity contribution < 1.29 is 19.1 Å². The molecule has 6 nitrogen and oxygen atoms in total. The number of fused-ring (bicyclic) bond motifs is 2. The fourth-order valence-electron chi connectivity index (χ4n) is 2.63. The minimum absolute atomic E-state index is 0.303. The van der Waals surface area contributed by atoms with Crippen molar-refractivity contribution in [3.05, 3.63) is 71.0 Å². The minimum Gasteiger partial charge on any atom is -0.465 e. The van der Waals surface area contributed by atoms with E-state index in [1.807, 2.05) is 18.3 Å². The molecule has 27 heavy (non-hydrogen) atoms. The molecule has 4 rings (SSSR count). The highest BCUT2D eigenvalue weighted by atomic mass is 35.5. The van der Waals surface area contributed by atoms with Gasteiger partial charge >= 0.3 is 11.9 Å². The molecular formula is C20H17ClN2O4. The Kier molecular flexibility index (Phi) is 5.47. The van der Waals surface area contributed by atoms with Crippen molar-refractivity contribution in [1.82, 2.24) is 9.97 Å². The van der Waals surface area contributed by atoms with Gasteiger partial charge in [0.1, 0.15) is 0 Å². The smallest absolute Gasteiger partial charge is 0.337 e. The topological polar surface area (TPSA) is 84.2 Å². The number of rotatable bonds is 2. The fourth-order valence-corrected chi connectivity index (χ4v) is 2.84. The van der Waals surface area contributed by atoms with Gasteiger partial charge in [0.25, 0.3) is 0 Å². The number of carbonyl (C=O) groups is 2. The predicted molar refractivity (Wildman–Crippen MR) is 104 cm³/mol. The van der Waals surface area contributed by atoms with Gasteiger partial charge in [-0.05, 0) is 42.5 Å². The molecule has 0 bridgehead atoms. The highest BCUT2D eigenvalue weighted by Gasteiger charge is 2.08. The van der Waals surface area contributed by atoms with E-state index < -0.39 is 0 Å². The second-order valence-electron chi connectivity index (χ2n) is 5.66. The van der Waals surface area contributed by atoms with Crippen molar-refractivity contribution in [2.24, 2.45) is 0 Å². The molecule has 0 saturated carbocycles. The second kappa shape index (κ2) is 7.97. The largest absolute Gasteiger partial charge is 0.465 e. The van der Waals surface area contributed by atoms with E-state index in [9.17, 15) is 9.59 Å². The van der Waals surface area contributed by atoms with E-state index in [4.69, 9.17) is 11.6 Å². The standard InChI is InChI=1S/C10H8ClNO2.C10H9NO2/c1-14-10(13)6-2-3-9-7(4-6)8(11)5-12-9;1-13-10(12)8-2-3-9-7(6-8)4-5-11-9/h2-5,12H,1H3;2-6,11H,1H3. The molecule has 2 aromatic heterocycles. The molecule has 0 aliphatic heterocycles. The molecule has 0 atom stereocenters. The Balaban J connectivity index is 0.000000156. The van der Waals surface area contributed by atoms with E-state index in [1.165, 1.54) is 14.2 Å². The van der Waals surface area contributed by atoms with Gasteiger partial charge in [-0.25, -0.2) is 9.59 Å². The summed E-state index contributed by atoms with van der Waals surface area (Å²) < 4.78 is 9.22. The number of ether oxygens (including phenoxy) is 2. The molecule has 0 spiro atoms. The van der Waals surface area contributed by atoms with Crippen LogP contribution in [0.1, 0.15) is 20.7 Å². The van der Waals surface area contributed by atoms with Gasteiger partial charge in [-0.15, -0.1) is 0 Å². The van der Waals surface area contributed by atoms with Crippen LogP contribution in [0.25, 0.3) is 21.8 Å². The second-order valence-corrected chi connectivity index (χ2v) is 6.07. The molecule has 2 N–H and O–H groups in total. The summed E-state index contributed by atoms with van der Waals surface area (Å²) in [6.45, 7) is 0. The van der Waals surface area contributed by atoms with Crippen LogP contribution < -0.4 is 0 Å². The van der Waals surface area contributed by atoms with Gasteiger partial charge in [-0.1, -0.05) is 11.6 Å². The third-order valence-corrected chi connectivity index (χ3v) is 4.34. The van der Waals surface area contributed by atoms with Crippen LogP contribution in [0.2, 0.25) is 5.02 Å². The number of nitrogens with one attached hydrogen (secondary N) is 2. The number of esters is 2. The first-order valence-corrected chi connectivity index (χ1v) is 8.41. The van der Waals surface area contributed by atoms with Crippen LogP contribution in [0.4, 0.5) is 0 Å². The van der Waals surface area contributed by atoms with Crippen molar-refractivity contribution in [3.8, 4) is 0 Å². The zero-order valence-electron chi connectivity index (χ0n) is 14.7. The molecule has 0 unspecified atom stereocenters. The number of H-pyrrole nitrogens is 2.